The highest BCUT2D eigenvalue weighted by Gasteiger charge is 2.38. The number of hydrogen-bond donors (Lipinski definition) is 1. The largest absolute Gasteiger partial charge is 0.416 e. The third-order valence-electron chi connectivity index (χ3n) is 5.10. The van der Waals surface area contributed by atoms with E-state index in [-0.39, 0.29) is 17.1 Å². The number of hydrogen-bond acceptors (Lipinski definition) is 3. The van der Waals surface area contributed by atoms with Crippen LogP contribution in [0.1, 0.15) is 41.0 Å². The summed E-state index contributed by atoms with van der Waals surface area (Å²) in [5, 5.41) is 0. The van der Waals surface area contributed by atoms with Crippen molar-refractivity contribution in [3.05, 3.63) is 89.1 Å². The first kappa shape index (κ1) is 20.8. The summed E-state index contributed by atoms with van der Waals surface area (Å²) in [6.45, 7) is 3.46. The molecule has 31 heavy (non-hydrogen) atoms. The summed E-state index contributed by atoms with van der Waals surface area (Å²) >= 11 is 0. The average Bonchev–Trinajstić information content (AvgIpc) is 3.41. The number of H-pyrrole nitrogens is 1. The molecule has 3 aromatic heterocycles. The number of nitrogens with zero attached hydrogens (tertiary/aromatic N) is 4. The molecule has 0 amide bonds. The Labute approximate surface area is 175 Å². The fourth-order valence-electron chi connectivity index (χ4n) is 3.76. The van der Waals surface area contributed by atoms with Gasteiger partial charge in [-0.05, 0) is 48.2 Å². The van der Waals surface area contributed by atoms with Crippen molar-refractivity contribution >= 4 is 0 Å². The number of aromatic nitrogens is 5. The topological polar surface area (TPSA) is 59.4 Å². The second-order valence-electron chi connectivity index (χ2n) is 7.11. The number of imidazole rings is 2. The van der Waals surface area contributed by atoms with Gasteiger partial charge in [0.15, 0.2) is 5.82 Å². The Balaban J connectivity index is 2.00. The van der Waals surface area contributed by atoms with Gasteiger partial charge < -0.3 is 9.55 Å². The molecule has 9 heteroatoms. The smallest absolute Gasteiger partial charge is 0.347 e. The van der Waals surface area contributed by atoms with Crippen LogP contribution >= 0.6 is 0 Å². The predicted octanol–water partition coefficient (Wildman–Crippen LogP) is 5.33. The number of alkyl halides is 3. The molecule has 4 aromatic rings. The van der Waals surface area contributed by atoms with Gasteiger partial charge in [-0.1, -0.05) is 19.1 Å². The Morgan fingerprint density at radius 3 is 2.58 bits per heavy atom. The van der Waals surface area contributed by atoms with E-state index in [1.54, 1.807) is 31.5 Å². The quantitative estimate of drug-likeness (QED) is 0.344. The molecule has 3 heterocycles. The van der Waals surface area contributed by atoms with Crippen molar-refractivity contribution in [1.82, 2.24) is 24.5 Å². The molecule has 0 bridgehead atoms. The van der Waals surface area contributed by atoms with Crippen LogP contribution < -0.4 is 0 Å². The van der Waals surface area contributed by atoms with Crippen LogP contribution in [0.25, 0.3) is 11.5 Å². The van der Waals surface area contributed by atoms with Gasteiger partial charge in [-0.3, -0.25) is 0 Å². The monoisotopic (exact) mass is 429 g/mol. The summed E-state index contributed by atoms with van der Waals surface area (Å²) in [4.78, 5) is 15.3. The molecule has 0 aliphatic rings. The molecule has 1 unspecified atom stereocenters. The van der Waals surface area contributed by atoms with E-state index in [1.165, 1.54) is 35.2 Å². The Hall–Kier alpha value is -3.49. The summed E-state index contributed by atoms with van der Waals surface area (Å²) < 4.78 is 57.7. The molecule has 4 rings (SSSR count). The van der Waals surface area contributed by atoms with Crippen LogP contribution in [0.4, 0.5) is 17.6 Å². The van der Waals surface area contributed by atoms with Gasteiger partial charge in [0.2, 0.25) is 5.95 Å². The maximum Gasteiger partial charge on any atom is 0.416 e. The SMILES string of the molecule is CCc1cc(C)c(C(c2ncc[nH]2)n2ccnc2-c2cccc(F)n2)c(C(F)(F)F)c1. The lowest BCUT2D eigenvalue weighted by Crippen LogP contribution is -2.21. The molecule has 0 fully saturated rings. The van der Waals surface area contributed by atoms with Gasteiger partial charge in [-0.25, -0.2) is 15.0 Å². The van der Waals surface area contributed by atoms with Gasteiger partial charge in [0.25, 0.3) is 0 Å². The molecule has 5 nitrogen and oxygen atoms in total. The molecule has 0 aliphatic carbocycles. The molecule has 0 saturated carbocycles. The van der Waals surface area contributed by atoms with Crippen molar-refractivity contribution in [3.63, 3.8) is 0 Å². The van der Waals surface area contributed by atoms with Crippen molar-refractivity contribution in [2.45, 2.75) is 32.5 Å². The van der Waals surface area contributed by atoms with Gasteiger partial charge in [-0.15, -0.1) is 0 Å². The fourth-order valence-corrected chi connectivity index (χ4v) is 3.76. The van der Waals surface area contributed by atoms with Crippen molar-refractivity contribution in [1.29, 1.82) is 0 Å². The molecular weight excluding hydrogens is 410 g/mol. The molecule has 160 valence electrons. The first-order valence-corrected chi connectivity index (χ1v) is 9.65. The number of benzene rings is 1. The molecule has 0 spiro atoms. The van der Waals surface area contributed by atoms with Crippen LogP contribution in [-0.2, 0) is 12.6 Å². The van der Waals surface area contributed by atoms with Crippen molar-refractivity contribution in [3.8, 4) is 11.5 Å². The third kappa shape index (κ3) is 3.95. The van der Waals surface area contributed by atoms with Crippen LogP contribution in [0.15, 0.2) is 55.1 Å². The highest BCUT2D eigenvalue weighted by atomic mass is 19.4. The zero-order valence-corrected chi connectivity index (χ0v) is 16.8. The first-order valence-electron chi connectivity index (χ1n) is 9.65. The van der Waals surface area contributed by atoms with E-state index in [4.69, 9.17) is 0 Å². The summed E-state index contributed by atoms with van der Waals surface area (Å²) in [6.07, 6.45) is 1.90. The summed E-state index contributed by atoms with van der Waals surface area (Å²) in [5.41, 5.74) is 0.579. The Bertz CT molecular complexity index is 1200. The van der Waals surface area contributed by atoms with Crippen LogP contribution in [0, 0.1) is 12.9 Å². The van der Waals surface area contributed by atoms with Crippen LogP contribution in [0.5, 0.6) is 0 Å². The molecule has 0 radical (unpaired) electrons. The summed E-state index contributed by atoms with van der Waals surface area (Å²) in [6, 6.07) is 6.17. The van der Waals surface area contributed by atoms with E-state index in [1.807, 2.05) is 6.92 Å². The van der Waals surface area contributed by atoms with Crippen molar-refractivity contribution in [2.24, 2.45) is 0 Å². The molecule has 1 N–H and O–H groups in total. The zero-order chi connectivity index (χ0) is 22.2. The minimum atomic E-state index is -4.58. The summed E-state index contributed by atoms with van der Waals surface area (Å²) in [5.74, 6) is -0.178. The van der Waals surface area contributed by atoms with Crippen LogP contribution in [0.3, 0.4) is 0 Å². The highest BCUT2D eigenvalue weighted by molar-refractivity contribution is 5.52. The van der Waals surface area contributed by atoms with E-state index in [2.05, 4.69) is 19.9 Å². The normalized spacial score (nSPS) is 12.8. The number of pyridine rings is 1. The van der Waals surface area contributed by atoms with Crippen LogP contribution in [0.2, 0.25) is 0 Å². The minimum absolute atomic E-state index is 0.0512. The van der Waals surface area contributed by atoms with Crippen molar-refractivity contribution in [2.75, 3.05) is 0 Å². The number of aromatic amines is 1. The van der Waals surface area contributed by atoms with Gasteiger partial charge in [0, 0.05) is 24.8 Å². The predicted molar refractivity (Wildman–Crippen MR) is 107 cm³/mol. The Morgan fingerprint density at radius 2 is 1.94 bits per heavy atom. The van der Waals surface area contributed by atoms with Gasteiger partial charge in [0.1, 0.15) is 17.6 Å². The fraction of sp³-hybridized carbons (Fsp3) is 0.227. The van der Waals surface area contributed by atoms with Gasteiger partial charge in [0.05, 0.1) is 5.56 Å². The molecule has 1 aromatic carbocycles. The second-order valence-corrected chi connectivity index (χ2v) is 7.11. The molecule has 1 atom stereocenters. The lowest BCUT2D eigenvalue weighted by Gasteiger charge is -2.26. The lowest BCUT2D eigenvalue weighted by molar-refractivity contribution is -0.138. The maximum absolute atomic E-state index is 14.1. The number of aryl methyl sites for hydroxylation is 2. The Kier molecular flexibility index (Phi) is 5.34. The zero-order valence-electron chi connectivity index (χ0n) is 16.8. The number of rotatable bonds is 5. The summed E-state index contributed by atoms with van der Waals surface area (Å²) in [7, 11) is 0. The standard InChI is InChI=1S/C22H19F4N5/c1-3-14-11-13(2)18(15(12-14)22(24,25)26)19(20-27-7-8-28-20)31-10-9-29-21(31)16-5-4-6-17(23)30-16/h4-12,19H,3H2,1-2H3,(H,27,28). The Morgan fingerprint density at radius 1 is 1.13 bits per heavy atom. The molecular formula is C22H19F4N5. The lowest BCUT2D eigenvalue weighted by atomic mass is 9.91. The first-order chi connectivity index (χ1) is 14.8. The second kappa shape index (κ2) is 7.98. The maximum atomic E-state index is 14.1. The number of nitrogens with one attached hydrogen (secondary N) is 1. The highest BCUT2D eigenvalue weighted by Crippen LogP contribution is 2.41. The van der Waals surface area contributed by atoms with E-state index >= 15 is 0 Å². The van der Waals surface area contributed by atoms with E-state index in [0.29, 0.717) is 23.4 Å². The molecule has 0 saturated heterocycles. The van der Waals surface area contributed by atoms with Gasteiger partial charge in [-0.2, -0.15) is 17.6 Å². The number of halogens is 4. The minimum Gasteiger partial charge on any atom is -0.347 e. The van der Waals surface area contributed by atoms with E-state index < -0.39 is 23.7 Å². The van der Waals surface area contributed by atoms with E-state index in [9.17, 15) is 17.6 Å². The van der Waals surface area contributed by atoms with Crippen molar-refractivity contribution < 1.29 is 17.6 Å². The van der Waals surface area contributed by atoms with Gasteiger partial charge >= 0.3 is 6.18 Å². The van der Waals surface area contributed by atoms with Crippen LogP contribution in [-0.4, -0.2) is 24.5 Å². The van der Waals surface area contributed by atoms with E-state index in [0.717, 1.165) is 0 Å². The average molecular weight is 429 g/mol. The molecule has 0 aliphatic heterocycles. The third-order valence-corrected chi connectivity index (χ3v) is 5.10.